The zero-order valence-electron chi connectivity index (χ0n) is 24.5. The van der Waals surface area contributed by atoms with Gasteiger partial charge in [-0.3, -0.25) is 0 Å². The molecule has 1 unspecified atom stereocenters. The molecule has 0 bridgehead atoms. The van der Waals surface area contributed by atoms with Crippen LogP contribution in [0.15, 0.2) is 83.6 Å². The van der Waals surface area contributed by atoms with E-state index in [0.717, 1.165) is 48.1 Å². The Kier molecular flexibility index (Phi) is 8.34. The first-order valence-corrected chi connectivity index (χ1v) is 15.8. The molecule has 2 aliphatic rings. The number of aromatic nitrogens is 2. The summed E-state index contributed by atoms with van der Waals surface area (Å²) in [5.74, 6) is 0.655. The van der Waals surface area contributed by atoms with Crippen molar-refractivity contribution in [3.05, 3.63) is 101 Å². The highest BCUT2D eigenvalue weighted by molar-refractivity contribution is 7.89. The number of anilines is 2. The molecule has 8 heteroatoms. The summed E-state index contributed by atoms with van der Waals surface area (Å²) in [4.78, 5) is 11.6. The molecule has 1 aromatic heterocycles. The number of hydrogen-bond donors (Lipinski definition) is 1. The average molecular weight is 572 g/mol. The van der Waals surface area contributed by atoms with Crippen LogP contribution in [0.1, 0.15) is 69.0 Å². The van der Waals surface area contributed by atoms with Crippen LogP contribution in [0.2, 0.25) is 0 Å². The quantitative estimate of drug-likeness (QED) is 0.358. The number of hydrogen-bond acceptors (Lipinski definition) is 6. The molecule has 3 aromatic rings. The van der Waals surface area contributed by atoms with Gasteiger partial charge in [0.05, 0.1) is 29.5 Å². The van der Waals surface area contributed by atoms with Gasteiger partial charge in [-0.05, 0) is 72.9 Å². The predicted octanol–water partition coefficient (Wildman–Crippen LogP) is 6.30. The van der Waals surface area contributed by atoms with Crippen LogP contribution in [0.3, 0.4) is 0 Å². The minimum Gasteiger partial charge on any atom is -0.396 e. The van der Waals surface area contributed by atoms with Crippen LogP contribution in [-0.2, 0) is 28.5 Å². The highest BCUT2D eigenvalue weighted by Crippen LogP contribution is 2.36. The van der Waals surface area contributed by atoms with E-state index in [0.29, 0.717) is 36.0 Å². The van der Waals surface area contributed by atoms with Crippen LogP contribution in [-0.4, -0.2) is 35.3 Å². The summed E-state index contributed by atoms with van der Waals surface area (Å²) >= 11 is 0. The molecule has 0 saturated heterocycles. The number of aryl methyl sites for hydroxylation is 1. The summed E-state index contributed by atoms with van der Waals surface area (Å²) in [7, 11) is -3.75. The maximum atomic E-state index is 14.2. The lowest BCUT2D eigenvalue weighted by atomic mass is 9.87. The fourth-order valence-corrected chi connectivity index (χ4v) is 7.08. The third-order valence-corrected chi connectivity index (χ3v) is 9.94. The van der Waals surface area contributed by atoms with Crippen LogP contribution in [0.25, 0.3) is 0 Å². The number of allylic oxidation sites excluding steroid dienone is 4. The van der Waals surface area contributed by atoms with Gasteiger partial charge in [-0.25, -0.2) is 18.4 Å². The van der Waals surface area contributed by atoms with Crippen LogP contribution in [0.4, 0.5) is 11.4 Å². The third kappa shape index (κ3) is 6.54. The summed E-state index contributed by atoms with van der Waals surface area (Å²) < 4.78 is 30.1. The van der Waals surface area contributed by atoms with Crippen LogP contribution in [0.5, 0.6) is 0 Å². The molecule has 41 heavy (non-hydrogen) atoms. The number of benzene rings is 2. The van der Waals surface area contributed by atoms with Crippen molar-refractivity contribution in [2.45, 2.75) is 82.8 Å². The van der Waals surface area contributed by atoms with Gasteiger partial charge in [0.25, 0.3) is 0 Å². The highest BCUT2D eigenvalue weighted by Gasteiger charge is 2.35. The molecule has 0 saturated carbocycles. The van der Waals surface area contributed by atoms with Crippen LogP contribution >= 0.6 is 0 Å². The zero-order valence-corrected chi connectivity index (χ0v) is 25.4. The Morgan fingerprint density at radius 2 is 1.76 bits per heavy atom. The monoisotopic (exact) mass is 571 g/mol. The zero-order chi connectivity index (χ0) is 29.2. The van der Waals surface area contributed by atoms with Gasteiger partial charge in [0.2, 0.25) is 10.0 Å². The van der Waals surface area contributed by atoms with Crippen LogP contribution in [0, 0.1) is 6.92 Å². The Morgan fingerprint density at radius 1 is 1.02 bits per heavy atom. The minimum atomic E-state index is -3.75. The average Bonchev–Trinajstić information content (AvgIpc) is 3.11. The van der Waals surface area contributed by atoms with E-state index in [2.05, 4.69) is 72.9 Å². The Balaban J connectivity index is 1.55. The van der Waals surface area contributed by atoms with Crippen molar-refractivity contribution in [1.29, 1.82) is 0 Å². The van der Waals surface area contributed by atoms with E-state index >= 15 is 0 Å². The van der Waals surface area contributed by atoms with Crippen molar-refractivity contribution in [3.63, 3.8) is 0 Å². The van der Waals surface area contributed by atoms with Gasteiger partial charge < -0.3 is 10.6 Å². The normalized spacial score (nSPS) is 18.1. The molecular formula is C33H41N5O2S. The first kappa shape index (κ1) is 29.0. The Bertz CT molecular complexity index is 1540. The summed E-state index contributed by atoms with van der Waals surface area (Å²) in [6, 6.07) is 13.5. The maximum Gasteiger partial charge on any atom is 0.243 e. The van der Waals surface area contributed by atoms with Crippen molar-refractivity contribution in [2.24, 2.45) is 0 Å². The summed E-state index contributed by atoms with van der Waals surface area (Å²) in [6.45, 7) is 9.58. The van der Waals surface area contributed by atoms with E-state index in [4.69, 9.17) is 5.73 Å². The molecule has 2 N–H and O–H groups in total. The van der Waals surface area contributed by atoms with E-state index in [1.54, 1.807) is 28.8 Å². The Morgan fingerprint density at radius 3 is 2.41 bits per heavy atom. The van der Waals surface area contributed by atoms with E-state index in [1.165, 1.54) is 5.57 Å². The van der Waals surface area contributed by atoms with Gasteiger partial charge in [0.1, 0.15) is 5.82 Å². The number of nitrogens with two attached hydrogens (primary N) is 1. The van der Waals surface area contributed by atoms with E-state index < -0.39 is 10.0 Å². The molecule has 1 atom stereocenters. The van der Waals surface area contributed by atoms with E-state index in [-0.39, 0.29) is 11.5 Å². The molecule has 2 aromatic carbocycles. The lowest BCUT2D eigenvalue weighted by Crippen LogP contribution is -2.43. The first-order chi connectivity index (χ1) is 19.5. The summed E-state index contributed by atoms with van der Waals surface area (Å²) in [5, 5.41) is 0. The number of nitrogen functional groups attached to an aromatic ring is 1. The fraction of sp³-hybridized carbons (Fsp3) is 0.394. The van der Waals surface area contributed by atoms with E-state index in [9.17, 15) is 8.42 Å². The molecule has 0 radical (unpaired) electrons. The lowest BCUT2D eigenvalue weighted by Gasteiger charge is -2.34. The van der Waals surface area contributed by atoms with Gasteiger partial charge in [0.15, 0.2) is 0 Å². The highest BCUT2D eigenvalue weighted by atomic mass is 32.2. The predicted molar refractivity (Wildman–Crippen MR) is 166 cm³/mol. The second kappa shape index (κ2) is 11.8. The molecule has 0 fully saturated rings. The molecule has 7 nitrogen and oxygen atoms in total. The minimum absolute atomic E-state index is 0.0566. The number of sulfonamides is 1. The second-order valence-corrected chi connectivity index (χ2v) is 14.1. The number of nitrogens with zero attached hydrogens (tertiary/aromatic N) is 4. The van der Waals surface area contributed by atoms with Crippen molar-refractivity contribution < 1.29 is 8.42 Å². The van der Waals surface area contributed by atoms with Crippen molar-refractivity contribution >= 4 is 21.4 Å². The Labute approximate surface area is 244 Å². The lowest BCUT2D eigenvalue weighted by molar-refractivity contribution is 0.369. The van der Waals surface area contributed by atoms with E-state index in [1.807, 2.05) is 18.2 Å². The fourth-order valence-electron chi connectivity index (χ4n) is 5.64. The van der Waals surface area contributed by atoms with Gasteiger partial charge in [0, 0.05) is 24.8 Å². The van der Waals surface area contributed by atoms with Crippen molar-refractivity contribution in [1.82, 2.24) is 14.3 Å². The van der Waals surface area contributed by atoms with Gasteiger partial charge in [-0.15, -0.1) is 0 Å². The molecule has 5 rings (SSSR count). The maximum absolute atomic E-state index is 14.2. The number of rotatable bonds is 7. The summed E-state index contributed by atoms with van der Waals surface area (Å²) in [6.07, 6.45) is 13.8. The second-order valence-electron chi connectivity index (χ2n) is 12.2. The van der Waals surface area contributed by atoms with Crippen molar-refractivity contribution in [2.75, 3.05) is 17.2 Å². The molecule has 0 amide bonds. The van der Waals surface area contributed by atoms with Gasteiger partial charge in [-0.1, -0.05) is 68.8 Å². The smallest absolute Gasteiger partial charge is 0.243 e. The largest absolute Gasteiger partial charge is 0.396 e. The van der Waals surface area contributed by atoms with Gasteiger partial charge in [-0.2, -0.15) is 4.31 Å². The number of fused-ring (bicyclic) bond motifs is 1. The van der Waals surface area contributed by atoms with Crippen molar-refractivity contribution in [3.8, 4) is 0 Å². The topological polar surface area (TPSA) is 92.4 Å². The molecule has 0 spiro atoms. The standard InChI is InChI=1S/C33H41N5O2S/c1-24-9-8-12-31-30(24)22-37(41(39,40)29-17-14-26(15-18-29)33(2,3)4)21-28(16-13-25-10-6-5-7-11-25)38(31)23-32-35-19-27(34)20-36-32/h6,8-12,14-15,17-20,28H,5,7,13,16,21-23,34H2,1-4H3. The molecule has 216 valence electrons. The SMILES string of the molecule is Cc1cccc2c1CN(S(=O)(=O)c1ccc(C(C)(C)C)cc1)CC(CCC1=CCCC=C1)N2Cc1ncc(N)cn1. The van der Waals surface area contributed by atoms with Gasteiger partial charge >= 0.3 is 0 Å². The summed E-state index contributed by atoms with van der Waals surface area (Å²) in [5.41, 5.74) is 11.8. The first-order valence-electron chi connectivity index (χ1n) is 14.4. The molecule has 1 aliphatic heterocycles. The third-order valence-electron chi connectivity index (χ3n) is 8.12. The van der Waals surface area contributed by atoms with Crippen LogP contribution < -0.4 is 10.6 Å². The Hall–Kier alpha value is -3.49. The molecule has 2 heterocycles. The molecular weight excluding hydrogens is 530 g/mol. The molecule has 1 aliphatic carbocycles.